The number of carbonyl (C=O) groups is 2. The number of benzene rings is 2. The van der Waals surface area contributed by atoms with Crippen LogP contribution in [0, 0.1) is 0 Å². The molecular formula is C25H30N2O6. The average molecular weight is 455 g/mol. The molecule has 1 heterocycles. The molecule has 0 unspecified atom stereocenters. The van der Waals surface area contributed by atoms with Gasteiger partial charge in [-0.25, -0.2) is 0 Å². The summed E-state index contributed by atoms with van der Waals surface area (Å²) in [6.45, 7) is 1.11. The van der Waals surface area contributed by atoms with Crippen LogP contribution in [-0.4, -0.2) is 75.1 Å². The second kappa shape index (κ2) is 10.4. The third kappa shape index (κ3) is 4.96. The molecule has 0 bridgehead atoms. The standard InChI is InChI=1S/C25H30N2O6/c1-26(2)12-7-13-27-22(16-10-11-19(32-4)20(15-16)33-5)21(24(29)25(27)30)23(28)17-8-6-9-18(14-17)31-3/h6,8-11,14-15,22,28H,7,12-13H2,1-5H3/t22-/m0/s1. The zero-order chi connectivity index (χ0) is 24.1. The number of hydrogen-bond donors (Lipinski definition) is 1. The molecule has 1 saturated heterocycles. The Morgan fingerprint density at radius 3 is 2.36 bits per heavy atom. The zero-order valence-electron chi connectivity index (χ0n) is 19.6. The van der Waals surface area contributed by atoms with Crippen LogP contribution in [0.4, 0.5) is 0 Å². The van der Waals surface area contributed by atoms with Gasteiger partial charge in [-0.05, 0) is 56.9 Å². The Bertz CT molecular complexity index is 1060. The number of aliphatic hydroxyl groups excluding tert-OH is 1. The molecule has 2 aromatic carbocycles. The summed E-state index contributed by atoms with van der Waals surface area (Å²) in [5, 5.41) is 11.2. The van der Waals surface area contributed by atoms with E-state index in [2.05, 4.69) is 0 Å². The van der Waals surface area contributed by atoms with Gasteiger partial charge in [0.2, 0.25) is 0 Å². The van der Waals surface area contributed by atoms with Crippen LogP contribution in [0.15, 0.2) is 48.0 Å². The Hall–Kier alpha value is -3.52. The Morgan fingerprint density at radius 1 is 1.00 bits per heavy atom. The van der Waals surface area contributed by atoms with Crippen LogP contribution in [0.1, 0.15) is 23.6 Å². The first-order valence-electron chi connectivity index (χ1n) is 10.6. The molecule has 0 saturated carbocycles. The lowest BCUT2D eigenvalue weighted by Gasteiger charge is -2.26. The van der Waals surface area contributed by atoms with E-state index in [4.69, 9.17) is 14.2 Å². The molecule has 0 aromatic heterocycles. The molecule has 8 heteroatoms. The normalized spacial score (nSPS) is 17.5. The number of hydrogen-bond acceptors (Lipinski definition) is 7. The number of likely N-dealkylation sites (tertiary alicyclic amines) is 1. The molecule has 1 amide bonds. The third-order valence-corrected chi connectivity index (χ3v) is 5.61. The van der Waals surface area contributed by atoms with Gasteiger partial charge >= 0.3 is 0 Å². The summed E-state index contributed by atoms with van der Waals surface area (Å²) >= 11 is 0. The number of aliphatic hydroxyl groups is 1. The molecule has 1 N–H and O–H groups in total. The molecule has 33 heavy (non-hydrogen) atoms. The van der Waals surface area contributed by atoms with Gasteiger partial charge in [-0.2, -0.15) is 0 Å². The summed E-state index contributed by atoms with van der Waals surface area (Å²) in [5.41, 5.74) is 1.07. The van der Waals surface area contributed by atoms with E-state index in [1.54, 1.807) is 42.5 Å². The second-order valence-corrected chi connectivity index (χ2v) is 8.00. The first-order chi connectivity index (χ1) is 15.8. The molecule has 1 fully saturated rings. The predicted octanol–water partition coefficient (Wildman–Crippen LogP) is 3.09. The highest BCUT2D eigenvalue weighted by Crippen LogP contribution is 2.42. The van der Waals surface area contributed by atoms with Gasteiger partial charge < -0.3 is 29.1 Å². The van der Waals surface area contributed by atoms with E-state index in [0.29, 0.717) is 41.3 Å². The van der Waals surface area contributed by atoms with Crippen molar-refractivity contribution in [1.29, 1.82) is 0 Å². The molecule has 2 aromatic rings. The van der Waals surface area contributed by atoms with Gasteiger partial charge in [-0.15, -0.1) is 0 Å². The smallest absolute Gasteiger partial charge is 0.295 e. The van der Waals surface area contributed by atoms with Crippen molar-refractivity contribution in [2.45, 2.75) is 12.5 Å². The van der Waals surface area contributed by atoms with Gasteiger partial charge in [0, 0.05) is 12.1 Å². The molecule has 8 nitrogen and oxygen atoms in total. The Labute approximate surface area is 194 Å². The minimum Gasteiger partial charge on any atom is -0.507 e. The lowest BCUT2D eigenvalue weighted by atomic mass is 9.95. The summed E-state index contributed by atoms with van der Waals surface area (Å²) in [6, 6.07) is 11.2. The molecule has 0 aliphatic carbocycles. The van der Waals surface area contributed by atoms with Crippen LogP contribution < -0.4 is 14.2 Å². The molecule has 1 aliphatic heterocycles. The van der Waals surface area contributed by atoms with E-state index in [-0.39, 0.29) is 11.3 Å². The van der Waals surface area contributed by atoms with Crippen molar-refractivity contribution in [2.75, 3.05) is 48.5 Å². The molecule has 0 spiro atoms. The fourth-order valence-corrected chi connectivity index (χ4v) is 3.96. The minimum atomic E-state index is -0.766. The highest BCUT2D eigenvalue weighted by atomic mass is 16.5. The molecule has 0 radical (unpaired) electrons. The van der Waals surface area contributed by atoms with Crippen molar-refractivity contribution < 1.29 is 28.9 Å². The molecular weight excluding hydrogens is 424 g/mol. The van der Waals surface area contributed by atoms with Crippen molar-refractivity contribution in [2.24, 2.45) is 0 Å². The number of ether oxygens (including phenoxy) is 3. The first kappa shape index (κ1) is 24.1. The SMILES string of the molecule is COc1cccc(C(O)=C2C(=O)C(=O)N(CCCN(C)C)[C@H]2c2ccc(OC)c(OC)c2)c1. The van der Waals surface area contributed by atoms with Crippen molar-refractivity contribution in [1.82, 2.24) is 9.80 Å². The van der Waals surface area contributed by atoms with E-state index in [1.807, 2.05) is 19.0 Å². The number of ketones is 1. The number of amides is 1. The highest BCUT2D eigenvalue weighted by molar-refractivity contribution is 6.46. The Morgan fingerprint density at radius 2 is 1.73 bits per heavy atom. The number of Topliss-reactive ketones (excluding diaryl/α,β-unsaturated/α-hetero) is 1. The largest absolute Gasteiger partial charge is 0.507 e. The quantitative estimate of drug-likeness (QED) is 0.354. The highest BCUT2D eigenvalue weighted by Gasteiger charge is 2.46. The maximum Gasteiger partial charge on any atom is 0.295 e. The van der Waals surface area contributed by atoms with Crippen LogP contribution in [0.5, 0.6) is 17.2 Å². The van der Waals surface area contributed by atoms with E-state index in [0.717, 1.165) is 6.54 Å². The Kier molecular flexibility index (Phi) is 7.60. The van der Waals surface area contributed by atoms with Crippen molar-refractivity contribution >= 4 is 17.4 Å². The monoisotopic (exact) mass is 454 g/mol. The average Bonchev–Trinajstić information content (AvgIpc) is 3.07. The van der Waals surface area contributed by atoms with Gasteiger partial charge in [-0.3, -0.25) is 9.59 Å². The van der Waals surface area contributed by atoms with Gasteiger partial charge in [0.1, 0.15) is 11.5 Å². The number of rotatable bonds is 9. The summed E-state index contributed by atoms with van der Waals surface area (Å²) in [6.07, 6.45) is 0.670. The lowest BCUT2D eigenvalue weighted by molar-refractivity contribution is -0.139. The van der Waals surface area contributed by atoms with Crippen LogP contribution in [0.3, 0.4) is 0 Å². The van der Waals surface area contributed by atoms with Gasteiger partial charge in [0.05, 0.1) is 32.9 Å². The molecule has 1 atom stereocenters. The number of carbonyl (C=O) groups excluding carboxylic acids is 2. The predicted molar refractivity (Wildman–Crippen MR) is 125 cm³/mol. The van der Waals surface area contributed by atoms with Gasteiger partial charge in [0.25, 0.3) is 11.7 Å². The summed E-state index contributed by atoms with van der Waals surface area (Å²) in [7, 11) is 8.47. The summed E-state index contributed by atoms with van der Waals surface area (Å²) in [5.74, 6) is -0.0871. The molecule has 3 rings (SSSR count). The van der Waals surface area contributed by atoms with Crippen molar-refractivity contribution in [3.63, 3.8) is 0 Å². The van der Waals surface area contributed by atoms with Crippen LogP contribution in [0.25, 0.3) is 5.76 Å². The van der Waals surface area contributed by atoms with Gasteiger partial charge in [0.15, 0.2) is 11.5 Å². The fraction of sp³-hybridized carbons (Fsp3) is 0.360. The Balaban J connectivity index is 2.15. The fourth-order valence-electron chi connectivity index (χ4n) is 3.96. The van der Waals surface area contributed by atoms with E-state index in [1.165, 1.54) is 26.2 Å². The third-order valence-electron chi connectivity index (χ3n) is 5.61. The second-order valence-electron chi connectivity index (χ2n) is 8.00. The maximum atomic E-state index is 13.1. The summed E-state index contributed by atoms with van der Waals surface area (Å²) in [4.78, 5) is 29.7. The van der Waals surface area contributed by atoms with E-state index >= 15 is 0 Å². The molecule has 176 valence electrons. The topological polar surface area (TPSA) is 88.5 Å². The lowest BCUT2D eigenvalue weighted by Crippen LogP contribution is -2.32. The summed E-state index contributed by atoms with van der Waals surface area (Å²) < 4.78 is 16.0. The van der Waals surface area contributed by atoms with Crippen LogP contribution in [0.2, 0.25) is 0 Å². The van der Waals surface area contributed by atoms with E-state index in [9.17, 15) is 14.7 Å². The van der Waals surface area contributed by atoms with Crippen molar-refractivity contribution in [3.8, 4) is 17.2 Å². The zero-order valence-corrected chi connectivity index (χ0v) is 19.6. The minimum absolute atomic E-state index is 0.0327. The first-order valence-corrected chi connectivity index (χ1v) is 10.6. The van der Waals surface area contributed by atoms with E-state index < -0.39 is 17.7 Å². The van der Waals surface area contributed by atoms with Crippen LogP contribution >= 0.6 is 0 Å². The molecule has 1 aliphatic rings. The van der Waals surface area contributed by atoms with Gasteiger partial charge in [-0.1, -0.05) is 18.2 Å². The van der Waals surface area contributed by atoms with Crippen molar-refractivity contribution in [3.05, 3.63) is 59.2 Å². The van der Waals surface area contributed by atoms with Crippen LogP contribution in [-0.2, 0) is 9.59 Å². The number of nitrogens with zero attached hydrogens (tertiary/aromatic N) is 2. The maximum absolute atomic E-state index is 13.1. The number of methoxy groups -OCH3 is 3.